The van der Waals surface area contributed by atoms with Gasteiger partial charge in [0.2, 0.25) is 6.33 Å². The topological polar surface area (TPSA) is 26.1 Å². The van der Waals surface area contributed by atoms with Crippen molar-refractivity contribution in [1.29, 1.82) is 0 Å². The maximum atomic E-state index is 4.32. The van der Waals surface area contributed by atoms with E-state index in [1.807, 2.05) is 49.5 Å². The molecule has 0 unspecified atom stereocenters. The van der Waals surface area contributed by atoms with E-state index in [-0.39, 0.29) is 20.1 Å². The zero-order valence-corrected chi connectivity index (χ0v) is 27.6. The summed E-state index contributed by atoms with van der Waals surface area (Å²) in [4.78, 5) is 4.32. The molecule has 218 valence electrons. The van der Waals surface area contributed by atoms with Gasteiger partial charge in [0.05, 0.1) is 22.6 Å². The number of imidazole rings is 1. The second kappa shape index (κ2) is 11.6. The van der Waals surface area contributed by atoms with Gasteiger partial charge in [0.25, 0.3) is 0 Å². The first kappa shape index (κ1) is 28.9. The Hall–Kier alpha value is -4.83. The number of rotatable bonds is 3. The van der Waals surface area contributed by atoms with Gasteiger partial charge in [-0.05, 0) is 38.1 Å². The molecule has 5 aromatic carbocycles. The van der Waals surface area contributed by atoms with Crippen LogP contribution in [0, 0.1) is 25.4 Å². The van der Waals surface area contributed by atoms with Crippen molar-refractivity contribution in [3.05, 3.63) is 145 Å². The Labute approximate surface area is 275 Å². The third-order valence-corrected chi connectivity index (χ3v) is 8.39. The first-order valence-electron chi connectivity index (χ1n) is 15.0. The molecule has 0 amide bonds. The summed E-state index contributed by atoms with van der Waals surface area (Å²) in [5.74, 6) is 0. The van der Waals surface area contributed by atoms with Gasteiger partial charge in [0, 0.05) is 22.5 Å². The number of pyridine rings is 1. The van der Waals surface area contributed by atoms with Crippen molar-refractivity contribution >= 4 is 49.1 Å². The van der Waals surface area contributed by atoms with Gasteiger partial charge in [-0.2, -0.15) is 12.1 Å². The van der Waals surface area contributed by atoms with E-state index in [9.17, 15) is 0 Å². The minimum atomic E-state index is 0. The van der Waals surface area contributed by atoms with E-state index in [2.05, 4.69) is 130 Å². The largest absolute Gasteiger partial charge is 3.00 e. The predicted molar refractivity (Wildman–Crippen MR) is 179 cm³/mol. The summed E-state index contributed by atoms with van der Waals surface area (Å²) >= 11 is 0. The first-order valence-corrected chi connectivity index (χ1v) is 15.0. The number of aromatic nitrogens is 4. The quantitative estimate of drug-likeness (QED) is 0.131. The summed E-state index contributed by atoms with van der Waals surface area (Å²) < 4.78 is 6.81. The van der Waals surface area contributed by atoms with Gasteiger partial charge in [-0.15, -0.1) is 42.0 Å². The monoisotopic (exact) mass is 759 g/mol. The van der Waals surface area contributed by atoms with Crippen molar-refractivity contribution in [2.45, 2.75) is 26.8 Å². The summed E-state index contributed by atoms with van der Waals surface area (Å²) in [5.41, 5.74) is 10.3. The Morgan fingerprint density at radius 2 is 1.44 bits per heavy atom. The second-order valence-electron chi connectivity index (χ2n) is 11.5. The molecule has 0 bridgehead atoms. The summed E-state index contributed by atoms with van der Waals surface area (Å²) in [5, 5.41) is 5.09. The van der Waals surface area contributed by atoms with Crippen molar-refractivity contribution in [2.75, 3.05) is 0 Å². The fraction of sp³-hybridized carbons (Fsp3) is 0.100. The Morgan fingerprint density at radius 1 is 0.689 bits per heavy atom. The molecule has 0 aliphatic heterocycles. The third-order valence-electron chi connectivity index (χ3n) is 8.39. The molecule has 0 saturated carbocycles. The van der Waals surface area contributed by atoms with Crippen LogP contribution in [0.3, 0.4) is 0 Å². The van der Waals surface area contributed by atoms with E-state index in [1.165, 1.54) is 49.2 Å². The van der Waals surface area contributed by atoms with Crippen LogP contribution in [0.5, 0.6) is 0 Å². The van der Waals surface area contributed by atoms with E-state index >= 15 is 0 Å². The standard InChI is InChI=1S/C28H20N3.C12H10N.Ir/c1-18(2)29-17-30(24-14-6-5-13-23(24)29)25-15-8-16-26-27(25)21-11-7-10-20-19-9-3-4-12-22(19)31(26)28(20)21;1-10-7-8-12(13-9-10)11-5-3-2-4-6-11;/h3-14,16,18H,1-2H3;2-5,7-9H,1H3;/q2*-1;+3. The van der Waals surface area contributed by atoms with Crippen molar-refractivity contribution in [1.82, 2.24) is 14.0 Å². The zero-order chi connectivity index (χ0) is 29.8. The van der Waals surface area contributed by atoms with E-state index in [1.54, 1.807) is 0 Å². The van der Waals surface area contributed by atoms with Crippen molar-refractivity contribution < 1.29 is 24.7 Å². The maximum absolute atomic E-state index is 4.32. The van der Waals surface area contributed by atoms with Gasteiger partial charge < -0.3 is 18.5 Å². The molecule has 0 atom stereocenters. The molecule has 0 radical (unpaired) electrons. The molecule has 4 heterocycles. The SMILES string of the molecule is CC(C)[n+]1[c-]n(-c2[c-]ccc3c2c2cccc4c5ccccc5n3c42)c2ccccc21.Cc1ccc(-c2[c-]cccc2)nc1.[Ir+3]. The van der Waals surface area contributed by atoms with Gasteiger partial charge >= 0.3 is 20.1 Å². The maximum Gasteiger partial charge on any atom is 3.00 e. The van der Waals surface area contributed by atoms with Gasteiger partial charge in [0.1, 0.15) is 0 Å². The van der Waals surface area contributed by atoms with Crippen LogP contribution in [-0.2, 0) is 20.1 Å². The first-order chi connectivity index (χ1) is 21.6. The minimum Gasteiger partial charge on any atom is -0.341 e. The second-order valence-corrected chi connectivity index (χ2v) is 11.5. The number of hydrogen-bond donors (Lipinski definition) is 0. The molecule has 0 fully saturated rings. The smallest absolute Gasteiger partial charge is 0.341 e. The zero-order valence-electron chi connectivity index (χ0n) is 25.2. The Balaban J connectivity index is 0.000000196. The number of benzene rings is 5. The van der Waals surface area contributed by atoms with Gasteiger partial charge in [-0.1, -0.05) is 94.8 Å². The Bertz CT molecular complexity index is 2420. The number of nitrogens with zero attached hydrogens (tertiary/aromatic N) is 4. The number of fused-ring (bicyclic) bond motifs is 7. The summed E-state index contributed by atoms with van der Waals surface area (Å²) in [6.45, 7) is 6.43. The van der Waals surface area contributed by atoms with Crippen molar-refractivity contribution in [2.24, 2.45) is 0 Å². The van der Waals surface area contributed by atoms with E-state index in [0.29, 0.717) is 6.04 Å². The third kappa shape index (κ3) is 4.71. The van der Waals surface area contributed by atoms with E-state index < -0.39 is 0 Å². The van der Waals surface area contributed by atoms with Crippen LogP contribution in [-0.4, -0.2) is 14.0 Å². The van der Waals surface area contributed by atoms with Crippen LogP contribution >= 0.6 is 0 Å². The molecule has 0 saturated heterocycles. The van der Waals surface area contributed by atoms with Crippen LogP contribution in [0.2, 0.25) is 0 Å². The molecule has 4 nitrogen and oxygen atoms in total. The van der Waals surface area contributed by atoms with Crippen molar-refractivity contribution in [3.8, 4) is 16.9 Å². The van der Waals surface area contributed by atoms with Crippen LogP contribution in [0.4, 0.5) is 0 Å². The molecular weight excluding hydrogens is 729 g/mol. The predicted octanol–water partition coefficient (Wildman–Crippen LogP) is 9.10. The Morgan fingerprint density at radius 3 is 2.22 bits per heavy atom. The molecular formula is C40H30IrN4+. The van der Waals surface area contributed by atoms with Crippen LogP contribution in [0.15, 0.2) is 121 Å². The number of para-hydroxylation sites is 4. The van der Waals surface area contributed by atoms with E-state index in [4.69, 9.17) is 0 Å². The summed E-state index contributed by atoms with van der Waals surface area (Å²) in [7, 11) is 0. The average Bonchev–Trinajstić information content (AvgIpc) is 3.74. The fourth-order valence-electron chi connectivity index (χ4n) is 6.39. The minimum absolute atomic E-state index is 0. The summed E-state index contributed by atoms with van der Waals surface area (Å²) in [6.07, 6.45) is 5.49. The van der Waals surface area contributed by atoms with Gasteiger partial charge in [-0.3, -0.25) is 0 Å². The van der Waals surface area contributed by atoms with E-state index in [0.717, 1.165) is 22.5 Å². The average molecular weight is 759 g/mol. The fourth-order valence-corrected chi connectivity index (χ4v) is 6.39. The molecule has 0 aliphatic carbocycles. The molecule has 4 aromatic heterocycles. The summed E-state index contributed by atoms with van der Waals surface area (Å²) in [6, 6.07) is 47.0. The molecule has 5 heteroatoms. The molecule has 9 rings (SSSR count). The van der Waals surface area contributed by atoms with Gasteiger partial charge in [-0.25, -0.2) is 0 Å². The van der Waals surface area contributed by atoms with Crippen LogP contribution < -0.4 is 4.57 Å². The van der Waals surface area contributed by atoms with Crippen LogP contribution in [0.1, 0.15) is 25.5 Å². The van der Waals surface area contributed by atoms with Crippen molar-refractivity contribution in [3.63, 3.8) is 0 Å². The van der Waals surface area contributed by atoms with Crippen LogP contribution in [0.25, 0.3) is 66.1 Å². The molecule has 9 aromatic rings. The normalized spacial score (nSPS) is 11.5. The molecule has 45 heavy (non-hydrogen) atoms. The number of hydrogen-bond acceptors (Lipinski definition) is 1. The Kier molecular flexibility index (Phi) is 7.45. The van der Waals surface area contributed by atoms with Gasteiger partial charge in [0.15, 0.2) is 0 Å². The molecule has 0 N–H and O–H groups in total. The molecule has 0 spiro atoms. The molecule has 0 aliphatic rings. The number of aryl methyl sites for hydroxylation is 1.